The van der Waals surface area contributed by atoms with Gasteiger partial charge in [0.1, 0.15) is 11.9 Å². The fourth-order valence-corrected chi connectivity index (χ4v) is 2.35. The number of morpholine rings is 1. The van der Waals surface area contributed by atoms with E-state index in [0.29, 0.717) is 6.54 Å². The molecule has 0 saturated carbocycles. The van der Waals surface area contributed by atoms with Gasteiger partial charge in [-0.15, -0.1) is 0 Å². The highest BCUT2D eigenvalue weighted by Crippen LogP contribution is 2.17. The molecule has 1 aromatic carbocycles. The van der Waals surface area contributed by atoms with Gasteiger partial charge in [-0.25, -0.2) is 0 Å². The number of ether oxygens (including phenoxy) is 2. The third-order valence-corrected chi connectivity index (χ3v) is 3.19. The van der Waals surface area contributed by atoms with Crippen molar-refractivity contribution >= 4 is 5.91 Å². The molecule has 2 rings (SSSR count). The SMILES string of the molecule is COc1cccc(CN2C[C@@H](C)O[C@@H](C(N)=O)C2)c1. The molecule has 104 valence electrons. The Morgan fingerprint density at radius 1 is 1.53 bits per heavy atom. The molecule has 19 heavy (non-hydrogen) atoms. The number of nitrogens with zero attached hydrogens (tertiary/aromatic N) is 1. The minimum absolute atomic E-state index is 0.0110. The van der Waals surface area contributed by atoms with Crippen molar-refractivity contribution in [2.24, 2.45) is 5.73 Å². The molecule has 1 fully saturated rings. The molecule has 0 unspecified atom stereocenters. The molecule has 2 N–H and O–H groups in total. The normalized spacial score (nSPS) is 24.1. The maximum Gasteiger partial charge on any atom is 0.247 e. The Balaban J connectivity index is 2.03. The standard InChI is InChI=1S/C14H20N2O3/c1-10-7-16(9-13(19-10)14(15)17)8-11-4-3-5-12(6-11)18-2/h3-6,10,13H,7-9H2,1-2H3,(H2,15,17)/t10-,13-/m1/s1. The average molecular weight is 264 g/mol. The van der Waals surface area contributed by atoms with Crippen LogP contribution in [0.4, 0.5) is 0 Å². The summed E-state index contributed by atoms with van der Waals surface area (Å²) >= 11 is 0. The number of hydrogen-bond donors (Lipinski definition) is 1. The van der Waals surface area contributed by atoms with Crippen molar-refractivity contribution in [3.8, 4) is 5.75 Å². The fourth-order valence-electron chi connectivity index (χ4n) is 2.35. The predicted molar refractivity (Wildman–Crippen MR) is 71.8 cm³/mol. The van der Waals surface area contributed by atoms with Gasteiger partial charge in [-0.3, -0.25) is 9.69 Å². The minimum atomic E-state index is -0.519. The Morgan fingerprint density at radius 3 is 3.00 bits per heavy atom. The van der Waals surface area contributed by atoms with Crippen LogP contribution in [0.2, 0.25) is 0 Å². The van der Waals surface area contributed by atoms with E-state index in [0.717, 1.165) is 24.4 Å². The van der Waals surface area contributed by atoms with E-state index in [1.807, 2.05) is 31.2 Å². The molecule has 1 amide bonds. The summed E-state index contributed by atoms with van der Waals surface area (Å²) in [5, 5.41) is 0. The molecule has 1 heterocycles. The maximum absolute atomic E-state index is 11.2. The van der Waals surface area contributed by atoms with Crippen molar-refractivity contribution < 1.29 is 14.3 Å². The first-order chi connectivity index (χ1) is 9.08. The summed E-state index contributed by atoms with van der Waals surface area (Å²) in [7, 11) is 1.65. The molecule has 1 aliphatic rings. The molecule has 5 heteroatoms. The van der Waals surface area contributed by atoms with E-state index in [1.54, 1.807) is 7.11 Å². The van der Waals surface area contributed by atoms with Crippen LogP contribution in [0.25, 0.3) is 0 Å². The van der Waals surface area contributed by atoms with Crippen molar-refractivity contribution in [1.29, 1.82) is 0 Å². The van der Waals surface area contributed by atoms with E-state index in [-0.39, 0.29) is 6.10 Å². The van der Waals surface area contributed by atoms with E-state index in [4.69, 9.17) is 15.2 Å². The van der Waals surface area contributed by atoms with Gasteiger partial charge in [0.2, 0.25) is 5.91 Å². The Kier molecular flexibility index (Phi) is 4.39. The molecule has 1 aromatic rings. The third kappa shape index (κ3) is 3.68. The van der Waals surface area contributed by atoms with Gasteiger partial charge in [-0.1, -0.05) is 12.1 Å². The first kappa shape index (κ1) is 13.8. The van der Waals surface area contributed by atoms with E-state index >= 15 is 0 Å². The summed E-state index contributed by atoms with van der Waals surface area (Å²) < 4.78 is 10.7. The van der Waals surface area contributed by atoms with Gasteiger partial charge in [0, 0.05) is 19.6 Å². The fraction of sp³-hybridized carbons (Fsp3) is 0.500. The van der Waals surface area contributed by atoms with Crippen LogP contribution in [0.1, 0.15) is 12.5 Å². The van der Waals surface area contributed by atoms with Crippen molar-refractivity contribution in [2.45, 2.75) is 25.7 Å². The van der Waals surface area contributed by atoms with Crippen LogP contribution >= 0.6 is 0 Å². The van der Waals surface area contributed by atoms with Gasteiger partial charge in [0.25, 0.3) is 0 Å². The largest absolute Gasteiger partial charge is 0.497 e. The number of amides is 1. The molecule has 1 saturated heterocycles. The maximum atomic E-state index is 11.2. The first-order valence-electron chi connectivity index (χ1n) is 6.38. The molecule has 1 aliphatic heterocycles. The Morgan fingerprint density at radius 2 is 2.32 bits per heavy atom. The zero-order valence-electron chi connectivity index (χ0n) is 11.3. The Hall–Kier alpha value is -1.59. The zero-order chi connectivity index (χ0) is 13.8. The van der Waals surface area contributed by atoms with E-state index in [2.05, 4.69) is 4.90 Å². The summed E-state index contributed by atoms with van der Waals surface area (Å²) in [4.78, 5) is 13.4. The molecule has 2 atom stereocenters. The zero-order valence-corrected chi connectivity index (χ0v) is 11.3. The number of benzene rings is 1. The Bertz CT molecular complexity index is 450. The van der Waals surface area contributed by atoms with Gasteiger partial charge in [0.15, 0.2) is 0 Å². The van der Waals surface area contributed by atoms with Crippen molar-refractivity contribution in [3.63, 3.8) is 0 Å². The third-order valence-electron chi connectivity index (χ3n) is 3.19. The number of hydrogen-bond acceptors (Lipinski definition) is 4. The lowest BCUT2D eigenvalue weighted by Crippen LogP contribution is -2.51. The van der Waals surface area contributed by atoms with E-state index < -0.39 is 12.0 Å². The second-order valence-electron chi connectivity index (χ2n) is 4.88. The van der Waals surface area contributed by atoms with Crippen LogP contribution in [-0.4, -0.2) is 43.2 Å². The molecule has 0 spiro atoms. The predicted octanol–water partition coefficient (Wildman–Crippen LogP) is 0.770. The minimum Gasteiger partial charge on any atom is -0.497 e. The highest BCUT2D eigenvalue weighted by atomic mass is 16.5. The highest BCUT2D eigenvalue weighted by Gasteiger charge is 2.28. The molecule has 0 bridgehead atoms. The van der Waals surface area contributed by atoms with E-state index in [9.17, 15) is 4.79 Å². The van der Waals surface area contributed by atoms with Crippen LogP contribution in [0, 0.1) is 0 Å². The van der Waals surface area contributed by atoms with Crippen LogP contribution < -0.4 is 10.5 Å². The van der Waals surface area contributed by atoms with E-state index in [1.165, 1.54) is 0 Å². The van der Waals surface area contributed by atoms with Gasteiger partial charge >= 0.3 is 0 Å². The van der Waals surface area contributed by atoms with Gasteiger partial charge in [0.05, 0.1) is 13.2 Å². The lowest BCUT2D eigenvalue weighted by atomic mass is 10.1. The lowest BCUT2D eigenvalue weighted by molar-refractivity contribution is -0.142. The number of primary amides is 1. The molecular formula is C14H20N2O3. The number of rotatable bonds is 4. The highest BCUT2D eigenvalue weighted by molar-refractivity contribution is 5.79. The molecule has 0 aliphatic carbocycles. The summed E-state index contributed by atoms with van der Waals surface area (Å²) in [6.45, 7) is 4.04. The Labute approximate surface area is 113 Å². The van der Waals surface area contributed by atoms with Gasteiger partial charge < -0.3 is 15.2 Å². The van der Waals surface area contributed by atoms with Crippen LogP contribution in [0.15, 0.2) is 24.3 Å². The van der Waals surface area contributed by atoms with Crippen molar-refractivity contribution in [2.75, 3.05) is 20.2 Å². The smallest absolute Gasteiger partial charge is 0.247 e. The van der Waals surface area contributed by atoms with Crippen molar-refractivity contribution in [1.82, 2.24) is 4.90 Å². The number of methoxy groups -OCH3 is 1. The first-order valence-corrected chi connectivity index (χ1v) is 6.38. The quantitative estimate of drug-likeness (QED) is 0.872. The van der Waals surface area contributed by atoms with Gasteiger partial charge in [-0.05, 0) is 24.6 Å². The summed E-state index contributed by atoms with van der Waals surface area (Å²) in [6, 6.07) is 7.92. The molecule has 5 nitrogen and oxygen atoms in total. The van der Waals surface area contributed by atoms with Crippen LogP contribution in [0.3, 0.4) is 0 Å². The lowest BCUT2D eigenvalue weighted by Gasteiger charge is -2.35. The number of carbonyl (C=O) groups is 1. The number of nitrogens with two attached hydrogens (primary N) is 1. The topological polar surface area (TPSA) is 64.8 Å². The molecule has 0 radical (unpaired) electrons. The van der Waals surface area contributed by atoms with Gasteiger partial charge in [-0.2, -0.15) is 0 Å². The molecule has 0 aromatic heterocycles. The second-order valence-corrected chi connectivity index (χ2v) is 4.88. The van der Waals surface area contributed by atoms with Crippen molar-refractivity contribution in [3.05, 3.63) is 29.8 Å². The second kappa shape index (κ2) is 6.04. The monoisotopic (exact) mass is 264 g/mol. The van der Waals surface area contributed by atoms with Crippen LogP contribution in [-0.2, 0) is 16.1 Å². The summed E-state index contributed by atoms with van der Waals surface area (Å²) in [5.74, 6) is 0.437. The summed E-state index contributed by atoms with van der Waals surface area (Å²) in [5.41, 5.74) is 6.47. The average Bonchev–Trinajstić information content (AvgIpc) is 2.38. The molecular weight excluding hydrogens is 244 g/mol. The number of carbonyl (C=O) groups excluding carboxylic acids is 1. The van der Waals surface area contributed by atoms with Crippen LogP contribution in [0.5, 0.6) is 5.75 Å². The summed E-state index contributed by atoms with van der Waals surface area (Å²) in [6.07, 6.45) is -0.508.